The molecule has 1 amide bonds. The smallest absolute Gasteiger partial charge is 0.326 e. The van der Waals surface area contributed by atoms with Crippen LogP contribution in [-0.2, 0) is 15.0 Å². The summed E-state index contributed by atoms with van der Waals surface area (Å²) in [7, 11) is -4.32. The van der Waals surface area contributed by atoms with Gasteiger partial charge in [-0.2, -0.15) is 8.42 Å². The minimum absolute atomic E-state index is 0.0905. The molecule has 8 nitrogen and oxygen atoms in total. The molecule has 4 rings (SSSR count). The van der Waals surface area contributed by atoms with Gasteiger partial charge in [0.15, 0.2) is 5.82 Å². The van der Waals surface area contributed by atoms with E-state index in [9.17, 15) is 27.1 Å². The second-order valence-electron chi connectivity index (χ2n) is 7.13. The van der Waals surface area contributed by atoms with E-state index in [1.807, 2.05) is 0 Å². The Balaban J connectivity index is 1.67. The summed E-state index contributed by atoms with van der Waals surface area (Å²) in [6.07, 6.45) is 2.94. The van der Waals surface area contributed by atoms with Crippen molar-refractivity contribution in [3.8, 4) is 17.0 Å². The van der Waals surface area contributed by atoms with Gasteiger partial charge in [0.05, 0.1) is 12.0 Å². The van der Waals surface area contributed by atoms with Crippen molar-refractivity contribution in [3.05, 3.63) is 30.5 Å². The van der Waals surface area contributed by atoms with Gasteiger partial charge in [0.1, 0.15) is 18.0 Å². The first-order chi connectivity index (χ1) is 13.6. The predicted octanol–water partition coefficient (Wildman–Crippen LogP) is 2.33. The van der Waals surface area contributed by atoms with Crippen LogP contribution < -0.4 is 9.03 Å². The van der Waals surface area contributed by atoms with E-state index in [0.717, 1.165) is 6.07 Å². The number of rotatable bonds is 3. The molecule has 156 valence electrons. The van der Waals surface area contributed by atoms with Crippen molar-refractivity contribution >= 4 is 21.8 Å². The third kappa shape index (κ3) is 3.52. The lowest BCUT2D eigenvalue weighted by Crippen LogP contribution is -2.30. The van der Waals surface area contributed by atoms with Crippen LogP contribution in [0.15, 0.2) is 24.7 Å². The fourth-order valence-electron chi connectivity index (χ4n) is 3.63. The maximum Gasteiger partial charge on any atom is 0.326 e. The lowest BCUT2D eigenvalue weighted by atomic mass is 9.92. The van der Waals surface area contributed by atoms with Crippen LogP contribution in [0.1, 0.15) is 31.7 Å². The number of amides is 1. The molecule has 2 heterocycles. The van der Waals surface area contributed by atoms with Gasteiger partial charge in [-0.15, -0.1) is 0 Å². The molecular formula is C17H17F3N4O4S. The van der Waals surface area contributed by atoms with Crippen LogP contribution in [0.5, 0.6) is 5.75 Å². The highest BCUT2D eigenvalue weighted by molar-refractivity contribution is 7.92. The summed E-state index contributed by atoms with van der Waals surface area (Å²) >= 11 is 0. The zero-order valence-electron chi connectivity index (χ0n) is 15.0. The Kier molecular flexibility index (Phi) is 4.48. The van der Waals surface area contributed by atoms with E-state index in [0.29, 0.717) is 4.31 Å². The van der Waals surface area contributed by atoms with Gasteiger partial charge in [-0.05, 0) is 25.0 Å². The number of benzene rings is 1. The SMILES string of the molecule is O=C1CN(c2c(O)ccc(-c3cn(C4CCC(F)(F)CC4)cn3)c2F)S(=O)(=O)N1. The average molecular weight is 430 g/mol. The first-order valence-corrected chi connectivity index (χ1v) is 10.3. The van der Waals surface area contributed by atoms with Gasteiger partial charge in [-0.3, -0.25) is 4.79 Å². The van der Waals surface area contributed by atoms with Gasteiger partial charge in [0.2, 0.25) is 5.92 Å². The van der Waals surface area contributed by atoms with Crippen LogP contribution in [0.3, 0.4) is 0 Å². The Bertz CT molecular complexity index is 1080. The molecule has 1 aromatic heterocycles. The molecule has 1 saturated heterocycles. The lowest BCUT2D eigenvalue weighted by Gasteiger charge is -2.28. The van der Waals surface area contributed by atoms with Crippen LogP contribution in [0.2, 0.25) is 0 Å². The molecule has 12 heteroatoms. The maximum atomic E-state index is 15.1. The van der Waals surface area contributed by atoms with Gasteiger partial charge < -0.3 is 9.67 Å². The Morgan fingerprint density at radius 3 is 2.55 bits per heavy atom. The number of hydrogen-bond donors (Lipinski definition) is 2. The first-order valence-electron chi connectivity index (χ1n) is 8.84. The van der Waals surface area contributed by atoms with Crippen LogP contribution in [-0.4, -0.2) is 41.4 Å². The van der Waals surface area contributed by atoms with Gasteiger partial charge >= 0.3 is 10.2 Å². The van der Waals surface area contributed by atoms with Crippen molar-refractivity contribution < 1.29 is 31.5 Å². The number of halogens is 3. The van der Waals surface area contributed by atoms with E-state index in [1.54, 1.807) is 9.29 Å². The molecule has 1 aliphatic heterocycles. The standard InChI is InChI=1S/C17H17F3N4O4S/c18-15-11(1-2-13(25)16(15)24-8-14(26)22-29(24,27)28)12-7-23(9-21-12)10-3-5-17(19,20)6-4-10/h1-2,7,9-10,25H,3-6,8H2,(H,22,26). The highest BCUT2D eigenvalue weighted by Gasteiger charge is 2.38. The maximum absolute atomic E-state index is 15.1. The fourth-order valence-corrected chi connectivity index (χ4v) is 4.80. The number of aromatic hydroxyl groups is 1. The number of carbonyl (C=O) groups excluding carboxylic acids is 1. The van der Waals surface area contributed by atoms with Gasteiger partial charge in [-0.1, -0.05) is 0 Å². The molecule has 29 heavy (non-hydrogen) atoms. The number of phenolic OH excluding ortho intramolecular Hbond substituents is 1. The Hall–Kier alpha value is -2.76. The molecule has 0 spiro atoms. The number of phenols is 1. The molecule has 0 unspecified atom stereocenters. The number of anilines is 1. The van der Waals surface area contributed by atoms with Gasteiger partial charge in [0.25, 0.3) is 5.91 Å². The Morgan fingerprint density at radius 1 is 1.24 bits per heavy atom. The zero-order valence-corrected chi connectivity index (χ0v) is 15.8. The highest BCUT2D eigenvalue weighted by Crippen LogP contribution is 2.40. The molecule has 2 aromatic rings. The summed E-state index contributed by atoms with van der Waals surface area (Å²) in [4.78, 5) is 15.5. The van der Waals surface area contributed by atoms with Crippen LogP contribution in [0.25, 0.3) is 11.3 Å². The van der Waals surface area contributed by atoms with Crippen molar-refractivity contribution in [2.24, 2.45) is 0 Å². The van der Waals surface area contributed by atoms with E-state index in [4.69, 9.17) is 0 Å². The predicted molar refractivity (Wildman–Crippen MR) is 96.1 cm³/mol. The lowest BCUT2D eigenvalue weighted by molar-refractivity contribution is -0.117. The number of nitrogens with one attached hydrogen (secondary N) is 1. The van der Waals surface area contributed by atoms with E-state index < -0.39 is 45.8 Å². The minimum atomic E-state index is -4.32. The largest absolute Gasteiger partial charge is 0.506 e. The number of alkyl halides is 2. The van der Waals surface area contributed by atoms with Crippen LogP contribution in [0.4, 0.5) is 18.9 Å². The zero-order chi connectivity index (χ0) is 21.0. The molecular weight excluding hydrogens is 413 g/mol. The number of hydrogen-bond acceptors (Lipinski definition) is 5. The minimum Gasteiger partial charge on any atom is -0.506 e. The van der Waals surface area contributed by atoms with E-state index in [-0.39, 0.29) is 43.0 Å². The Labute approximate surface area is 164 Å². The molecule has 2 aliphatic rings. The summed E-state index contributed by atoms with van der Waals surface area (Å²) in [6.45, 7) is -0.666. The van der Waals surface area contributed by atoms with E-state index in [2.05, 4.69) is 4.98 Å². The van der Waals surface area contributed by atoms with Crippen molar-refractivity contribution in [2.75, 3.05) is 10.8 Å². The number of imidazole rings is 1. The Morgan fingerprint density at radius 2 is 1.93 bits per heavy atom. The number of nitrogens with zero attached hydrogens (tertiary/aromatic N) is 3. The highest BCUT2D eigenvalue weighted by atomic mass is 32.2. The van der Waals surface area contributed by atoms with Crippen molar-refractivity contribution in [1.82, 2.24) is 14.3 Å². The quantitative estimate of drug-likeness (QED) is 0.778. The molecule has 1 aliphatic carbocycles. The topological polar surface area (TPSA) is 105 Å². The second-order valence-corrected chi connectivity index (χ2v) is 8.72. The molecule has 1 aromatic carbocycles. The van der Waals surface area contributed by atoms with Crippen molar-refractivity contribution in [1.29, 1.82) is 0 Å². The fraction of sp³-hybridized carbons (Fsp3) is 0.412. The molecule has 0 radical (unpaired) electrons. The third-order valence-corrected chi connectivity index (χ3v) is 6.53. The second kappa shape index (κ2) is 6.65. The van der Waals surface area contributed by atoms with E-state index in [1.165, 1.54) is 18.6 Å². The molecule has 1 saturated carbocycles. The first kappa shape index (κ1) is 19.6. The van der Waals surface area contributed by atoms with Crippen LogP contribution in [0, 0.1) is 5.82 Å². The third-order valence-electron chi connectivity index (χ3n) is 5.15. The van der Waals surface area contributed by atoms with Crippen molar-refractivity contribution in [3.63, 3.8) is 0 Å². The van der Waals surface area contributed by atoms with Crippen LogP contribution >= 0.6 is 0 Å². The van der Waals surface area contributed by atoms with Gasteiger partial charge in [-0.25, -0.2) is 27.2 Å². The summed E-state index contributed by atoms with van der Waals surface area (Å²) in [5.41, 5.74) is -0.600. The number of aromatic nitrogens is 2. The molecule has 0 bridgehead atoms. The summed E-state index contributed by atoms with van der Waals surface area (Å²) in [5, 5.41) is 10.0. The average Bonchev–Trinajstić information content (AvgIpc) is 3.19. The summed E-state index contributed by atoms with van der Waals surface area (Å²) in [6, 6.07) is 2.14. The molecule has 0 atom stereocenters. The van der Waals surface area contributed by atoms with Gasteiger partial charge in [0, 0.05) is 30.6 Å². The molecule has 2 N–H and O–H groups in total. The number of carbonyl (C=O) groups is 1. The summed E-state index contributed by atoms with van der Waals surface area (Å²) < 4.78 is 69.7. The summed E-state index contributed by atoms with van der Waals surface area (Å²) in [5.74, 6) is -5.25. The van der Waals surface area contributed by atoms with E-state index >= 15 is 4.39 Å². The monoisotopic (exact) mass is 430 g/mol. The normalized spacial score (nSPS) is 21.3. The molecule has 2 fully saturated rings. The van der Waals surface area contributed by atoms with Crippen molar-refractivity contribution in [2.45, 2.75) is 37.6 Å².